The SMILES string of the molecule is CCOC(C(O)Cc1ccc(CC)cn1)C1CCCCC1. The van der Waals surface area contributed by atoms with Crippen molar-refractivity contribution in [1.29, 1.82) is 0 Å². The second-order valence-electron chi connectivity index (χ2n) is 6.10. The Balaban J connectivity index is 1.97. The number of aromatic nitrogens is 1. The highest BCUT2D eigenvalue weighted by Crippen LogP contribution is 2.30. The lowest BCUT2D eigenvalue weighted by Gasteiger charge is -2.33. The third-order valence-corrected chi connectivity index (χ3v) is 4.57. The van der Waals surface area contributed by atoms with E-state index >= 15 is 0 Å². The second kappa shape index (κ2) is 8.50. The van der Waals surface area contributed by atoms with E-state index in [1.165, 1.54) is 37.7 Å². The van der Waals surface area contributed by atoms with Crippen molar-refractivity contribution in [3.8, 4) is 0 Å². The standard InChI is InChI=1S/C18H29NO2/c1-3-14-10-11-16(19-13-14)12-17(20)18(21-4-2)15-8-6-5-7-9-15/h10-11,13,15,17-18,20H,3-9,12H2,1-2H3. The van der Waals surface area contributed by atoms with E-state index in [4.69, 9.17) is 4.74 Å². The predicted octanol–water partition coefficient (Wildman–Crippen LogP) is 3.53. The van der Waals surface area contributed by atoms with Gasteiger partial charge in [-0.25, -0.2) is 0 Å². The van der Waals surface area contributed by atoms with E-state index in [1.54, 1.807) is 0 Å². The molecule has 0 radical (unpaired) electrons. The molecule has 1 saturated carbocycles. The van der Waals surface area contributed by atoms with Crippen molar-refractivity contribution in [3.05, 3.63) is 29.6 Å². The summed E-state index contributed by atoms with van der Waals surface area (Å²) in [4.78, 5) is 4.46. The van der Waals surface area contributed by atoms with Gasteiger partial charge in [-0.05, 0) is 43.7 Å². The molecule has 1 N–H and O–H groups in total. The largest absolute Gasteiger partial charge is 0.390 e. The average Bonchev–Trinajstić information content (AvgIpc) is 2.54. The highest BCUT2D eigenvalue weighted by atomic mass is 16.5. The van der Waals surface area contributed by atoms with Crippen LogP contribution in [0.3, 0.4) is 0 Å². The van der Waals surface area contributed by atoms with Crippen LogP contribution < -0.4 is 0 Å². The summed E-state index contributed by atoms with van der Waals surface area (Å²) in [7, 11) is 0. The summed E-state index contributed by atoms with van der Waals surface area (Å²) in [6, 6.07) is 4.14. The number of aliphatic hydroxyl groups excluding tert-OH is 1. The van der Waals surface area contributed by atoms with Gasteiger partial charge < -0.3 is 9.84 Å². The summed E-state index contributed by atoms with van der Waals surface area (Å²) in [5.74, 6) is 0.503. The first-order chi connectivity index (χ1) is 10.2. The minimum atomic E-state index is -0.451. The molecule has 2 rings (SSSR count). The zero-order chi connectivity index (χ0) is 15.1. The van der Waals surface area contributed by atoms with Crippen LogP contribution in [0.15, 0.2) is 18.3 Å². The van der Waals surface area contributed by atoms with Crippen LogP contribution in [0.2, 0.25) is 0 Å². The molecule has 1 aromatic heterocycles. The van der Waals surface area contributed by atoms with Gasteiger partial charge in [0.15, 0.2) is 0 Å². The lowest BCUT2D eigenvalue weighted by molar-refractivity contribution is -0.0718. The number of nitrogens with zero attached hydrogens (tertiary/aromatic N) is 1. The first-order valence-electron chi connectivity index (χ1n) is 8.48. The topological polar surface area (TPSA) is 42.4 Å². The molecular weight excluding hydrogens is 262 g/mol. The fourth-order valence-corrected chi connectivity index (χ4v) is 3.33. The normalized spacial score (nSPS) is 19.4. The number of hydrogen-bond acceptors (Lipinski definition) is 3. The van der Waals surface area contributed by atoms with Gasteiger partial charge in [-0.3, -0.25) is 4.98 Å². The quantitative estimate of drug-likeness (QED) is 0.835. The number of aryl methyl sites for hydroxylation is 1. The monoisotopic (exact) mass is 291 g/mol. The first kappa shape index (κ1) is 16.4. The predicted molar refractivity (Wildman–Crippen MR) is 85.3 cm³/mol. The van der Waals surface area contributed by atoms with Crippen molar-refractivity contribution < 1.29 is 9.84 Å². The van der Waals surface area contributed by atoms with Crippen molar-refractivity contribution >= 4 is 0 Å². The van der Waals surface area contributed by atoms with Gasteiger partial charge in [0.2, 0.25) is 0 Å². The molecular formula is C18H29NO2. The van der Waals surface area contributed by atoms with Gasteiger partial charge in [-0.2, -0.15) is 0 Å². The lowest BCUT2D eigenvalue weighted by atomic mass is 9.82. The van der Waals surface area contributed by atoms with E-state index < -0.39 is 6.10 Å². The van der Waals surface area contributed by atoms with E-state index in [1.807, 2.05) is 19.2 Å². The number of ether oxygens (including phenoxy) is 1. The number of aliphatic hydroxyl groups is 1. The maximum atomic E-state index is 10.6. The third-order valence-electron chi connectivity index (χ3n) is 4.57. The molecule has 1 aliphatic rings. The Bertz CT molecular complexity index is 398. The van der Waals surface area contributed by atoms with E-state index in [0.717, 1.165) is 12.1 Å². The summed E-state index contributed by atoms with van der Waals surface area (Å²) in [5.41, 5.74) is 2.20. The van der Waals surface area contributed by atoms with Gasteiger partial charge in [-0.1, -0.05) is 32.3 Å². The molecule has 1 aliphatic carbocycles. The Hall–Kier alpha value is -0.930. The molecule has 118 valence electrons. The van der Waals surface area contributed by atoms with Gasteiger partial charge in [0.05, 0.1) is 12.2 Å². The van der Waals surface area contributed by atoms with E-state index in [-0.39, 0.29) is 6.10 Å². The summed E-state index contributed by atoms with van der Waals surface area (Å²) in [6.07, 6.45) is 9.24. The third kappa shape index (κ3) is 4.79. The summed E-state index contributed by atoms with van der Waals surface area (Å²) >= 11 is 0. The van der Waals surface area contributed by atoms with E-state index in [0.29, 0.717) is 18.9 Å². The zero-order valence-electron chi connectivity index (χ0n) is 13.4. The molecule has 0 amide bonds. The minimum absolute atomic E-state index is 0.0389. The van der Waals surface area contributed by atoms with Crippen molar-refractivity contribution in [2.45, 2.75) is 71.0 Å². The lowest BCUT2D eigenvalue weighted by Crippen LogP contribution is -2.38. The molecule has 0 aromatic carbocycles. The van der Waals surface area contributed by atoms with Crippen LogP contribution in [0, 0.1) is 5.92 Å². The Morgan fingerprint density at radius 3 is 2.57 bits per heavy atom. The molecule has 1 aromatic rings. The smallest absolute Gasteiger partial charge is 0.0865 e. The maximum absolute atomic E-state index is 10.6. The van der Waals surface area contributed by atoms with Crippen LogP contribution in [0.1, 0.15) is 57.2 Å². The van der Waals surface area contributed by atoms with Crippen LogP contribution >= 0.6 is 0 Å². The van der Waals surface area contributed by atoms with Gasteiger partial charge in [0, 0.05) is 24.9 Å². The minimum Gasteiger partial charge on any atom is -0.390 e. The van der Waals surface area contributed by atoms with Crippen molar-refractivity contribution in [3.63, 3.8) is 0 Å². The molecule has 0 saturated heterocycles. The number of hydrogen-bond donors (Lipinski definition) is 1. The molecule has 0 aliphatic heterocycles. The second-order valence-corrected chi connectivity index (χ2v) is 6.10. The molecule has 1 heterocycles. The molecule has 21 heavy (non-hydrogen) atoms. The van der Waals surface area contributed by atoms with Crippen LogP contribution in [0.25, 0.3) is 0 Å². The van der Waals surface area contributed by atoms with E-state index in [2.05, 4.69) is 18.0 Å². The summed E-state index contributed by atoms with van der Waals surface area (Å²) in [5, 5.41) is 10.6. The van der Waals surface area contributed by atoms with Crippen LogP contribution in [-0.2, 0) is 17.6 Å². The first-order valence-corrected chi connectivity index (χ1v) is 8.48. The molecule has 3 heteroatoms. The Morgan fingerprint density at radius 1 is 1.24 bits per heavy atom. The van der Waals surface area contributed by atoms with E-state index in [9.17, 15) is 5.11 Å². The molecule has 3 nitrogen and oxygen atoms in total. The van der Waals surface area contributed by atoms with Crippen LogP contribution in [0.4, 0.5) is 0 Å². The molecule has 2 unspecified atom stereocenters. The fraction of sp³-hybridized carbons (Fsp3) is 0.722. The Morgan fingerprint density at radius 2 is 2.00 bits per heavy atom. The van der Waals surface area contributed by atoms with Gasteiger partial charge in [0.1, 0.15) is 0 Å². The maximum Gasteiger partial charge on any atom is 0.0865 e. The zero-order valence-corrected chi connectivity index (χ0v) is 13.4. The molecule has 1 fully saturated rings. The highest BCUT2D eigenvalue weighted by Gasteiger charge is 2.30. The molecule has 0 bridgehead atoms. The van der Waals surface area contributed by atoms with Crippen molar-refractivity contribution in [1.82, 2.24) is 4.98 Å². The van der Waals surface area contributed by atoms with Crippen molar-refractivity contribution in [2.24, 2.45) is 5.92 Å². The summed E-state index contributed by atoms with van der Waals surface area (Å²) < 4.78 is 5.88. The van der Waals surface area contributed by atoms with Gasteiger partial charge in [0.25, 0.3) is 0 Å². The number of pyridine rings is 1. The van der Waals surface area contributed by atoms with Crippen LogP contribution in [-0.4, -0.2) is 28.9 Å². The molecule has 0 spiro atoms. The fourth-order valence-electron chi connectivity index (χ4n) is 3.33. The van der Waals surface area contributed by atoms with Crippen molar-refractivity contribution in [2.75, 3.05) is 6.61 Å². The molecule has 2 atom stereocenters. The Kier molecular flexibility index (Phi) is 6.65. The van der Waals surface area contributed by atoms with Crippen LogP contribution in [0.5, 0.6) is 0 Å². The Labute approximate surface area is 128 Å². The summed E-state index contributed by atoms with van der Waals surface area (Å²) in [6.45, 7) is 4.80. The number of rotatable bonds is 7. The van der Waals surface area contributed by atoms with Gasteiger partial charge in [-0.15, -0.1) is 0 Å². The van der Waals surface area contributed by atoms with Gasteiger partial charge >= 0.3 is 0 Å². The highest BCUT2D eigenvalue weighted by molar-refractivity contribution is 5.14. The average molecular weight is 291 g/mol.